The lowest BCUT2D eigenvalue weighted by Crippen LogP contribution is -2.48. The second-order valence-electron chi connectivity index (χ2n) is 9.46. The van der Waals surface area contributed by atoms with Gasteiger partial charge in [-0.15, -0.1) is 11.3 Å². The minimum absolute atomic E-state index is 0.000446. The van der Waals surface area contributed by atoms with Gasteiger partial charge in [0.05, 0.1) is 6.04 Å². The first kappa shape index (κ1) is 26.5. The van der Waals surface area contributed by atoms with Crippen molar-refractivity contribution in [3.05, 3.63) is 85.5 Å². The predicted octanol–water partition coefficient (Wildman–Crippen LogP) is 6.67. The summed E-state index contributed by atoms with van der Waals surface area (Å²) in [7, 11) is 0. The fourth-order valence-electron chi connectivity index (χ4n) is 4.47. The van der Waals surface area contributed by atoms with E-state index < -0.39 is 0 Å². The second kappa shape index (κ2) is 11.7. The van der Waals surface area contributed by atoms with Crippen molar-refractivity contribution >= 4 is 46.4 Å². The number of aryl methyl sites for hydroxylation is 1. The molecule has 36 heavy (non-hydrogen) atoms. The zero-order valence-corrected chi connectivity index (χ0v) is 23.0. The fraction of sp³-hybridized carbons (Fsp3) is 0.357. The van der Waals surface area contributed by atoms with E-state index in [-0.39, 0.29) is 30.3 Å². The maximum Gasteiger partial charge on any atom is 0.254 e. The number of halogens is 2. The molecular weight excluding hydrogens is 515 g/mol. The van der Waals surface area contributed by atoms with E-state index in [1.165, 1.54) is 4.88 Å². The minimum atomic E-state index is -0.231. The van der Waals surface area contributed by atoms with E-state index in [0.717, 1.165) is 17.5 Å². The highest BCUT2D eigenvalue weighted by Gasteiger charge is 2.34. The Labute approximate surface area is 226 Å². The molecule has 0 saturated heterocycles. The van der Waals surface area contributed by atoms with Gasteiger partial charge in [0.25, 0.3) is 5.91 Å². The molecule has 1 aromatic heterocycles. The number of ether oxygens (including phenoxy) is 1. The van der Waals surface area contributed by atoms with Gasteiger partial charge in [0.15, 0.2) is 0 Å². The van der Waals surface area contributed by atoms with Crippen LogP contribution in [0.1, 0.15) is 46.3 Å². The number of carbonyl (C=O) groups is 2. The lowest BCUT2D eigenvalue weighted by atomic mass is 10.00. The molecule has 2 aromatic carbocycles. The second-order valence-corrected chi connectivity index (χ2v) is 11.3. The number of benzene rings is 2. The average molecular weight is 546 g/mol. The summed E-state index contributed by atoms with van der Waals surface area (Å²) in [5.41, 5.74) is 2.53. The lowest BCUT2D eigenvalue weighted by Gasteiger charge is -2.37. The summed E-state index contributed by atoms with van der Waals surface area (Å²) in [5, 5.41) is 3.24. The zero-order chi connectivity index (χ0) is 25.8. The summed E-state index contributed by atoms with van der Waals surface area (Å²) in [4.78, 5) is 31.8. The van der Waals surface area contributed by atoms with Crippen molar-refractivity contribution in [1.29, 1.82) is 0 Å². The van der Waals surface area contributed by atoms with Crippen molar-refractivity contribution in [1.82, 2.24) is 9.80 Å². The molecule has 5 nitrogen and oxygen atoms in total. The summed E-state index contributed by atoms with van der Waals surface area (Å²) in [6.45, 7) is 7.38. The van der Waals surface area contributed by atoms with Crippen LogP contribution in [-0.4, -0.2) is 47.9 Å². The van der Waals surface area contributed by atoms with E-state index in [9.17, 15) is 9.59 Å². The Morgan fingerprint density at radius 1 is 1.17 bits per heavy atom. The van der Waals surface area contributed by atoms with Crippen molar-refractivity contribution < 1.29 is 14.3 Å². The number of rotatable bonds is 8. The lowest BCUT2D eigenvalue weighted by molar-refractivity contribution is -0.135. The smallest absolute Gasteiger partial charge is 0.254 e. The third kappa shape index (κ3) is 6.23. The van der Waals surface area contributed by atoms with E-state index in [0.29, 0.717) is 41.1 Å². The van der Waals surface area contributed by atoms with E-state index in [4.69, 9.17) is 27.9 Å². The van der Waals surface area contributed by atoms with Crippen molar-refractivity contribution in [3.8, 4) is 5.75 Å². The van der Waals surface area contributed by atoms with Crippen LogP contribution >= 0.6 is 34.5 Å². The van der Waals surface area contributed by atoms with Gasteiger partial charge in [-0.25, -0.2) is 0 Å². The van der Waals surface area contributed by atoms with Crippen molar-refractivity contribution in [2.75, 3.05) is 26.2 Å². The molecule has 0 saturated carbocycles. The number of fused-ring (bicyclic) bond motifs is 1. The minimum Gasteiger partial charge on any atom is -0.491 e. The molecule has 3 aromatic rings. The molecule has 0 radical (unpaired) electrons. The van der Waals surface area contributed by atoms with Gasteiger partial charge in [-0.2, -0.15) is 0 Å². The monoisotopic (exact) mass is 544 g/mol. The predicted molar refractivity (Wildman–Crippen MR) is 146 cm³/mol. The number of nitrogens with zero attached hydrogens (tertiary/aromatic N) is 2. The average Bonchev–Trinajstić information content (AvgIpc) is 3.32. The van der Waals surface area contributed by atoms with E-state index in [2.05, 4.69) is 11.4 Å². The Balaban J connectivity index is 1.54. The number of thiophene rings is 1. The quantitative estimate of drug-likeness (QED) is 0.318. The fourth-order valence-corrected chi connectivity index (χ4v) is 5.71. The molecule has 1 aliphatic rings. The highest BCUT2D eigenvalue weighted by Crippen LogP contribution is 2.34. The van der Waals surface area contributed by atoms with Crippen LogP contribution in [0.2, 0.25) is 10.0 Å². The van der Waals surface area contributed by atoms with E-state index in [1.807, 2.05) is 43.9 Å². The Morgan fingerprint density at radius 3 is 2.69 bits per heavy atom. The highest BCUT2D eigenvalue weighted by molar-refractivity contribution is 7.10. The van der Waals surface area contributed by atoms with Crippen molar-refractivity contribution in [2.24, 2.45) is 5.92 Å². The summed E-state index contributed by atoms with van der Waals surface area (Å²) in [6, 6.07) is 14.3. The van der Waals surface area contributed by atoms with Crippen LogP contribution in [0.25, 0.3) is 0 Å². The van der Waals surface area contributed by atoms with Gasteiger partial charge in [-0.1, -0.05) is 43.1 Å². The zero-order valence-electron chi connectivity index (χ0n) is 20.7. The van der Waals surface area contributed by atoms with Crippen molar-refractivity contribution in [2.45, 2.75) is 33.2 Å². The molecule has 0 spiro atoms. The van der Waals surface area contributed by atoms with Gasteiger partial charge in [0, 0.05) is 33.6 Å². The van der Waals surface area contributed by atoms with E-state index in [1.54, 1.807) is 40.5 Å². The molecule has 4 rings (SSSR count). The van der Waals surface area contributed by atoms with Gasteiger partial charge in [-0.05, 0) is 78.2 Å². The first-order valence-corrected chi connectivity index (χ1v) is 13.7. The summed E-state index contributed by atoms with van der Waals surface area (Å²) >= 11 is 14.0. The molecule has 190 valence electrons. The summed E-state index contributed by atoms with van der Waals surface area (Å²) in [5.74, 6) is 0.628. The van der Waals surface area contributed by atoms with Gasteiger partial charge in [0.2, 0.25) is 5.91 Å². The maximum absolute atomic E-state index is 13.7. The molecule has 2 heterocycles. The largest absolute Gasteiger partial charge is 0.491 e. The topological polar surface area (TPSA) is 49.9 Å². The first-order valence-electron chi connectivity index (χ1n) is 12.0. The Kier molecular flexibility index (Phi) is 8.60. The molecular formula is C28H30Cl2N2O3S. The number of carbonyl (C=O) groups excluding carboxylic acids is 2. The Hall–Kier alpha value is -2.54. The molecule has 2 amide bonds. The molecule has 0 unspecified atom stereocenters. The molecule has 0 N–H and O–H groups in total. The molecule has 0 aliphatic carbocycles. The van der Waals surface area contributed by atoms with E-state index >= 15 is 0 Å². The standard InChI is InChI=1S/C28H30Cl2N2O3S/c1-18(2)15-31(28(34)20-5-4-6-21(29)14-20)16-27(33)32-11-9-26-23(10-12-36-26)25(32)17-35-22-7-8-24(30)19(3)13-22/h4-8,10,12-14,18,25H,9,11,15-17H2,1-3H3/t25-/m0/s1. The van der Waals surface area contributed by atoms with Crippen LogP contribution in [0.15, 0.2) is 53.9 Å². The number of amides is 2. The van der Waals surface area contributed by atoms with Gasteiger partial charge >= 0.3 is 0 Å². The molecule has 0 fully saturated rings. The maximum atomic E-state index is 13.7. The summed E-state index contributed by atoms with van der Waals surface area (Å²) < 4.78 is 6.14. The van der Waals surface area contributed by atoms with Gasteiger partial charge in [-0.3, -0.25) is 9.59 Å². The number of hydrogen-bond donors (Lipinski definition) is 0. The third-order valence-electron chi connectivity index (χ3n) is 6.22. The molecule has 1 aliphatic heterocycles. The Morgan fingerprint density at radius 2 is 1.97 bits per heavy atom. The SMILES string of the molecule is Cc1cc(OC[C@H]2c3ccsc3CCN2C(=O)CN(CC(C)C)C(=O)c2cccc(Cl)c2)ccc1Cl. The highest BCUT2D eigenvalue weighted by atomic mass is 35.5. The van der Waals surface area contributed by atoms with Crippen LogP contribution in [0.5, 0.6) is 5.75 Å². The number of hydrogen-bond acceptors (Lipinski definition) is 4. The summed E-state index contributed by atoms with van der Waals surface area (Å²) in [6.07, 6.45) is 0.793. The molecule has 0 bridgehead atoms. The Bertz CT molecular complexity index is 1240. The normalized spacial score (nSPS) is 15.1. The van der Waals surface area contributed by atoms with Crippen molar-refractivity contribution in [3.63, 3.8) is 0 Å². The van der Waals surface area contributed by atoms with Gasteiger partial charge < -0.3 is 14.5 Å². The van der Waals surface area contributed by atoms with Crippen LogP contribution in [0, 0.1) is 12.8 Å². The van der Waals surface area contributed by atoms with Crippen LogP contribution < -0.4 is 4.74 Å². The van der Waals surface area contributed by atoms with Crippen LogP contribution in [-0.2, 0) is 11.2 Å². The van der Waals surface area contributed by atoms with Crippen LogP contribution in [0.3, 0.4) is 0 Å². The first-order chi connectivity index (χ1) is 17.2. The molecule has 8 heteroatoms. The van der Waals surface area contributed by atoms with Crippen LogP contribution in [0.4, 0.5) is 0 Å². The molecule has 1 atom stereocenters. The van der Waals surface area contributed by atoms with Gasteiger partial charge in [0.1, 0.15) is 18.9 Å². The third-order valence-corrected chi connectivity index (χ3v) is 7.88.